The van der Waals surface area contributed by atoms with Crippen molar-refractivity contribution in [1.82, 2.24) is 0 Å². The molecule has 0 radical (unpaired) electrons. The van der Waals surface area contributed by atoms with Crippen molar-refractivity contribution < 1.29 is 19.4 Å². The van der Waals surface area contributed by atoms with Crippen molar-refractivity contribution in [3.8, 4) is 0 Å². The van der Waals surface area contributed by atoms with Crippen molar-refractivity contribution in [2.75, 3.05) is 24.3 Å². The van der Waals surface area contributed by atoms with Crippen LogP contribution in [0.4, 0.5) is 11.4 Å². The van der Waals surface area contributed by atoms with E-state index in [2.05, 4.69) is 0 Å². The summed E-state index contributed by atoms with van der Waals surface area (Å²) in [6.07, 6.45) is 1.45. The van der Waals surface area contributed by atoms with E-state index in [0.717, 1.165) is 6.42 Å². The fourth-order valence-electron chi connectivity index (χ4n) is 2.16. The number of nitrogens with zero attached hydrogens (tertiary/aromatic N) is 1. The molecule has 0 heterocycles. The van der Waals surface area contributed by atoms with Crippen molar-refractivity contribution in [3.05, 3.63) is 23.8 Å². The lowest BCUT2D eigenvalue weighted by atomic mass is 10.1. The van der Waals surface area contributed by atoms with Crippen LogP contribution in [0, 0.1) is 0 Å². The Kier molecular flexibility index (Phi) is 6.02. The Morgan fingerprint density at radius 1 is 1.38 bits per heavy atom. The highest BCUT2D eigenvalue weighted by molar-refractivity contribution is 5.91. The van der Waals surface area contributed by atoms with E-state index in [1.165, 1.54) is 12.1 Å². The molecule has 1 unspecified atom stereocenters. The van der Waals surface area contributed by atoms with Crippen LogP contribution in [0.1, 0.15) is 37.0 Å². The fraction of sp³-hybridized carbons (Fsp3) is 0.467. The van der Waals surface area contributed by atoms with Crippen molar-refractivity contribution in [2.24, 2.45) is 0 Å². The van der Waals surface area contributed by atoms with Gasteiger partial charge < -0.3 is 20.5 Å². The predicted molar refractivity (Wildman–Crippen MR) is 81.5 cm³/mol. The summed E-state index contributed by atoms with van der Waals surface area (Å²) < 4.78 is 5.09. The lowest BCUT2D eigenvalue weighted by molar-refractivity contribution is -0.144. The Labute approximate surface area is 124 Å². The van der Waals surface area contributed by atoms with Crippen LogP contribution in [0.15, 0.2) is 18.2 Å². The number of nitrogens with two attached hydrogens (primary N) is 1. The number of hydrogen-bond acceptors (Lipinski definition) is 5. The third kappa shape index (κ3) is 4.11. The van der Waals surface area contributed by atoms with Gasteiger partial charge in [-0.05, 0) is 31.5 Å². The molecule has 0 saturated carbocycles. The number of esters is 1. The molecule has 1 atom stereocenters. The number of carbonyl (C=O) groups is 2. The molecular formula is C15H22N2O4. The highest BCUT2D eigenvalue weighted by Gasteiger charge is 2.25. The van der Waals surface area contributed by atoms with E-state index in [4.69, 9.17) is 15.6 Å². The summed E-state index contributed by atoms with van der Waals surface area (Å²) >= 11 is 0. The summed E-state index contributed by atoms with van der Waals surface area (Å²) in [5.74, 6) is -1.34. The van der Waals surface area contributed by atoms with Crippen LogP contribution in [0.5, 0.6) is 0 Å². The van der Waals surface area contributed by atoms with Gasteiger partial charge in [-0.3, -0.25) is 0 Å². The van der Waals surface area contributed by atoms with Gasteiger partial charge in [-0.25, -0.2) is 9.59 Å². The van der Waals surface area contributed by atoms with Crippen molar-refractivity contribution in [1.29, 1.82) is 0 Å². The van der Waals surface area contributed by atoms with Crippen LogP contribution in [0.25, 0.3) is 0 Å². The summed E-state index contributed by atoms with van der Waals surface area (Å²) in [5.41, 5.74) is 6.97. The van der Waals surface area contributed by atoms with E-state index in [1.54, 1.807) is 24.9 Å². The Hall–Kier alpha value is -2.24. The number of aromatic carboxylic acids is 1. The summed E-state index contributed by atoms with van der Waals surface area (Å²) in [4.78, 5) is 24.7. The first-order chi connectivity index (χ1) is 9.92. The molecule has 21 heavy (non-hydrogen) atoms. The van der Waals surface area contributed by atoms with Gasteiger partial charge in [-0.1, -0.05) is 13.3 Å². The largest absolute Gasteiger partial charge is 0.478 e. The summed E-state index contributed by atoms with van der Waals surface area (Å²) in [6, 6.07) is 4.04. The third-order valence-corrected chi connectivity index (χ3v) is 3.24. The van der Waals surface area contributed by atoms with E-state index >= 15 is 0 Å². The van der Waals surface area contributed by atoms with E-state index in [9.17, 15) is 9.59 Å². The van der Waals surface area contributed by atoms with Crippen LogP contribution in [-0.4, -0.2) is 36.7 Å². The number of hydrogen-bond donors (Lipinski definition) is 2. The van der Waals surface area contributed by atoms with Gasteiger partial charge in [0.2, 0.25) is 0 Å². The van der Waals surface area contributed by atoms with Gasteiger partial charge in [0.15, 0.2) is 0 Å². The van der Waals surface area contributed by atoms with Crippen molar-refractivity contribution in [2.45, 2.75) is 32.7 Å². The predicted octanol–water partition coefficient (Wildman–Crippen LogP) is 2.14. The molecule has 0 saturated heterocycles. The van der Waals surface area contributed by atoms with E-state index in [-0.39, 0.29) is 11.5 Å². The molecule has 1 aromatic rings. The maximum atomic E-state index is 12.0. The molecule has 0 fully saturated rings. The smallest absolute Gasteiger partial charge is 0.335 e. The van der Waals surface area contributed by atoms with Crippen LogP contribution in [-0.2, 0) is 9.53 Å². The maximum Gasteiger partial charge on any atom is 0.335 e. The van der Waals surface area contributed by atoms with Gasteiger partial charge in [0.25, 0.3) is 0 Å². The highest BCUT2D eigenvalue weighted by Crippen LogP contribution is 2.26. The number of benzene rings is 1. The molecule has 116 valence electrons. The minimum atomic E-state index is -1.04. The number of anilines is 2. The summed E-state index contributed by atoms with van der Waals surface area (Å²) in [6.45, 7) is 4.06. The highest BCUT2D eigenvalue weighted by atomic mass is 16.5. The monoisotopic (exact) mass is 294 g/mol. The second-order valence-electron chi connectivity index (χ2n) is 4.75. The Morgan fingerprint density at radius 3 is 2.52 bits per heavy atom. The van der Waals surface area contributed by atoms with Crippen LogP contribution < -0.4 is 10.6 Å². The average molecular weight is 294 g/mol. The van der Waals surface area contributed by atoms with Crippen LogP contribution >= 0.6 is 0 Å². The Bertz CT molecular complexity index is 516. The number of carboxylic acid groups (broad SMARTS) is 1. The van der Waals surface area contributed by atoms with Crippen molar-refractivity contribution in [3.63, 3.8) is 0 Å². The zero-order chi connectivity index (χ0) is 16.0. The topological polar surface area (TPSA) is 92.9 Å². The number of carbonyl (C=O) groups excluding carboxylic acids is 1. The van der Waals surface area contributed by atoms with E-state index in [1.807, 2.05) is 6.92 Å². The van der Waals surface area contributed by atoms with Gasteiger partial charge in [0.1, 0.15) is 6.04 Å². The molecule has 0 aliphatic rings. The summed E-state index contributed by atoms with van der Waals surface area (Å²) in [7, 11) is 1.75. The minimum Gasteiger partial charge on any atom is -0.478 e. The number of rotatable bonds is 7. The van der Waals surface area contributed by atoms with Crippen LogP contribution in [0.3, 0.4) is 0 Å². The number of nitrogen functional groups attached to an aromatic ring is 1. The maximum absolute atomic E-state index is 12.0. The Morgan fingerprint density at radius 2 is 2.05 bits per heavy atom. The molecule has 0 bridgehead atoms. The summed E-state index contributed by atoms with van der Waals surface area (Å²) in [5, 5.41) is 8.95. The van der Waals surface area contributed by atoms with Gasteiger partial charge in [-0.2, -0.15) is 0 Å². The quantitative estimate of drug-likeness (QED) is 0.591. The van der Waals surface area contributed by atoms with Gasteiger partial charge in [0, 0.05) is 7.05 Å². The number of ether oxygens (including phenoxy) is 1. The van der Waals surface area contributed by atoms with E-state index < -0.39 is 12.0 Å². The number of carboxylic acids is 1. The molecule has 6 nitrogen and oxygen atoms in total. The molecular weight excluding hydrogens is 272 g/mol. The number of likely N-dealkylation sites (N-methyl/N-ethyl adjacent to an activating group) is 1. The van der Waals surface area contributed by atoms with Gasteiger partial charge in [-0.15, -0.1) is 0 Å². The zero-order valence-electron chi connectivity index (χ0n) is 12.6. The Balaban J connectivity index is 3.05. The minimum absolute atomic E-state index is 0.118. The third-order valence-electron chi connectivity index (χ3n) is 3.24. The van der Waals surface area contributed by atoms with Gasteiger partial charge in [0.05, 0.1) is 23.5 Å². The zero-order valence-corrected chi connectivity index (χ0v) is 12.6. The van der Waals surface area contributed by atoms with Crippen molar-refractivity contribution >= 4 is 23.3 Å². The molecule has 6 heteroatoms. The molecule has 0 amide bonds. The first-order valence-electron chi connectivity index (χ1n) is 6.94. The fourth-order valence-corrected chi connectivity index (χ4v) is 2.16. The lowest BCUT2D eigenvalue weighted by Gasteiger charge is -2.29. The second-order valence-corrected chi connectivity index (χ2v) is 4.75. The normalized spacial score (nSPS) is 11.8. The molecule has 0 aliphatic heterocycles. The standard InChI is InChI=1S/C15H22N2O4/c1-4-6-13(15(20)21-5-2)17(3)12-8-7-10(14(18)19)9-11(12)16/h7-9,13H,4-6,16H2,1-3H3,(H,18,19). The van der Waals surface area contributed by atoms with E-state index in [0.29, 0.717) is 24.4 Å². The van der Waals surface area contributed by atoms with Gasteiger partial charge >= 0.3 is 11.9 Å². The molecule has 0 aromatic heterocycles. The SMILES string of the molecule is CCCC(C(=O)OCC)N(C)c1ccc(C(=O)O)cc1N. The first kappa shape index (κ1) is 16.8. The molecule has 3 N–H and O–H groups in total. The molecule has 1 rings (SSSR count). The second kappa shape index (κ2) is 7.52. The molecule has 0 spiro atoms. The average Bonchev–Trinajstić information content (AvgIpc) is 2.44. The molecule has 1 aromatic carbocycles. The van der Waals surface area contributed by atoms with Crippen LogP contribution in [0.2, 0.25) is 0 Å². The first-order valence-corrected chi connectivity index (χ1v) is 6.94. The lowest BCUT2D eigenvalue weighted by Crippen LogP contribution is -2.40. The molecule has 0 aliphatic carbocycles.